The molecule has 0 aliphatic heterocycles. The summed E-state index contributed by atoms with van der Waals surface area (Å²) in [5.74, 6) is -0.522. The van der Waals surface area contributed by atoms with Crippen molar-refractivity contribution in [3.8, 4) is 0 Å². The maximum atomic E-state index is 10.7. The monoisotopic (exact) mass is 198 g/mol. The highest BCUT2D eigenvalue weighted by molar-refractivity contribution is 6.19. The summed E-state index contributed by atoms with van der Waals surface area (Å²) in [6.07, 6.45) is 0.994. The topological polar surface area (TPSA) is 64.7 Å². The molecule has 0 fully saturated rings. The molecule has 4 nitrogen and oxygen atoms in total. The molecule has 14 heavy (non-hydrogen) atoms. The Kier molecular flexibility index (Phi) is 5.79. The van der Waals surface area contributed by atoms with E-state index < -0.39 is 5.91 Å². The van der Waals surface area contributed by atoms with Crippen LogP contribution < -0.4 is 5.73 Å². The summed E-state index contributed by atoms with van der Waals surface area (Å²) < 4.78 is 5.06. The number of hydrogen-bond donors (Lipinski definition) is 1. The van der Waals surface area contributed by atoms with Crippen LogP contribution in [0.3, 0.4) is 0 Å². The summed E-state index contributed by atoms with van der Waals surface area (Å²) in [7, 11) is 1.66. The number of ether oxygens (including phenoxy) is 1. The Morgan fingerprint density at radius 2 is 2.21 bits per heavy atom. The molecule has 80 valence electrons. The smallest absolute Gasteiger partial charge is 0.249 e. The van der Waals surface area contributed by atoms with Crippen molar-refractivity contribution in [2.75, 3.05) is 13.7 Å². The molecule has 1 unspecified atom stereocenters. The summed E-state index contributed by atoms with van der Waals surface area (Å²) in [6.45, 7) is 7.85. The summed E-state index contributed by atoms with van der Waals surface area (Å²) >= 11 is 0. The van der Waals surface area contributed by atoms with Crippen LogP contribution in [0.2, 0.25) is 0 Å². The summed E-state index contributed by atoms with van der Waals surface area (Å²) in [4.78, 5) is 14.9. The summed E-state index contributed by atoms with van der Waals surface area (Å²) in [5.41, 5.74) is 5.92. The molecule has 0 saturated carbocycles. The molecule has 0 aliphatic rings. The average molecular weight is 198 g/mol. The average Bonchev–Trinajstić information content (AvgIpc) is 2.15. The van der Waals surface area contributed by atoms with E-state index in [0.717, 1.165) is 6.42 Å². The van der Waals surface area contributed by atoms with Crippen molar-refractivity contribution in [1.29, 1.82) is 0 Å². The Morgan fingerprint density at radius 3 is 2.64 bits per heavy atom. The van der Waals surface area contributed by atoms with Gasteiger partial charge in [-0.25, -0.2) is 0 Å². The Hall–Kier alpha value is -1.16. The van der Waals surface area contributed by atoms with Gasteiger partial charge in [0.1, 0.15) is 0 Å². The fourth-order valence-corrected chi connectivity index (χ4v) is 0.806. The van der Waals surface area contributed by atoms with E-state index in [9.17, 15) is 4.79 Å². The Balaban J connectivity index is 4.00. The predicted molar refractivity (Wildman–Crippen MR) is 57.4 cm³/mol. The van der Waals surface area contributed by atoms with Crippen molar-refractivity contribution in [2.45, 2.75) is 26.4 Å². The van der Waals surface area contributed by atoms with Gasteiger partial charge in [0.05, 0.1) is 11.7 Å². The van der Waals surface area contributed by atoms with Gasteiger partial charge in [0.25, 0.3) is 0 Å². The van der Waals surface area contributed by atoms with Crippen molar-refractivity contribution in [2.24, 2.45) is 10.7 Å². The lowest BCUT2D eigenvalue weighted by Gasteiger charge is -2.07. The lowest BCUT2D eigenvalue weighted by atomic mass is 10.2. The molecular weight excluding hydrogens is 180 g/mol. The molecule has 0 aromatic heterocycles. The van der Waals surface area contributed by atoms with Crippen LogP contribution in [0, 0.1) is 0 Å². The molecule has 0 aromatic rings. The van der Waals surface area contributed by atoms with E-state index >= 15 is 0 Å². The number of aliphatic imine (C=N–C) groups is 1. The highest BCUT2D eigenvalue weighted by Gasteiger charge is 2.04. The van der Waals surface area contributed by atoms with Gasteiger partial charge in [-0.15, -0.1) is 0 Å². The summed E-state index contributed by atoms with van der Waals surface area (Å²) in [5, 5.41) is 0. The maximum Gasteiger partial charge on any atom is 0.249 e. The molecular formula is C10H18N2O2. The van der Waals surface area contributed by atoms with Crippen molar-refractivity contribution < 1.29 is 9.53 Å². The zero-order valence-electron chi connectivity index (χ0n) is 9.04. The SMILES string of the molecule is C=C(C(N)=O)C(C)=NCCC(C)OC. The Labute approximate surface area is 84.8 Å². The van der Waals surface area contributed by atoms with Gasteiger partial charge in [-0.1, -0.05) is 6.58 Å². The zero-order chi connectivity index (χ0) is 11.1. The quantitative estimate of drug-likeness (QED) is 0.509. The van der Waals surface area contributed by atoms with Gasteiger partial charge >= 0.3 is 0 Å². The minimum Gasteiger partial charge on any atom is -0.382 e. The molecule has 1 atom stereocenters. The van der Waals surface area contributed by atoms with E-state index in [1.54, 1.807) is 14.0 Å². The van der Waals surface area contributed by atoms with Gasteiger partial charge in [0.15, 0.2) is 0 Å². The third kappa shape index (κ3) is 4.77. The second-order valence-corrected chi connectivity index (χ2v) is 3.14. The maximum absolute atomic E-state index is 10.7. The van der Waals surface area contributed by atoms with Crippen LogP contribution >= 0.6 is 0 Å². The van der Waals surface area contributed by atoms with Crippen LogP contribution in [0.15, 0.2) is 17.1 Å². The first-order chi connectivity index (χ1) is 6.49. The van der Waals surface area contributed by atoms with Crippen LogP contribution in [0.4, 0.5) is 0 Å². The number of rotatable bonds is 6. The number of hydrogen-bond acceptors (Lipinski definition) is 3. The molecule has 0 rings (SSSR count). The Morgan fingerprint density at radius 1 is 1.64 bits per heavy atom. The highest BCUT2D eigenvalue weighted by atomic mass is 16.5. The molecule has 1 amide bonds. The van der Waals surface area contributed by atoms with E-state index in [4.69, 9.17) is 10.5 Å². The minimum atomic E-state index is -0.522. The van der Waals surface area contributed by atoms with Crippen molar-refractivity contribution in [1.82, 2.24) is 0 Å². The van der Waals surface area contributed by atoms with Crippen LogP contribution in [-0.2, 0) is 9.53 Å². The number of primary amides is 1. The molecule has 0 radical (unpaired) electrons. The van der Waals surface area contributed by atoms with Gasteiger partial charge in [0, 0.05) is 19.4 Å². The van der Waals surface area contributed by atoms with Gasteiger partial charge in [0.2, 0.25) is 5.91 Å². The summed E-state index contributed by atoms with van der Waals surface area (Å²) in [6, 6.07) is 0. The second-order valence-electron chi connectivity index (χ2n) is 3.14. The van der Waals surface area contributed by atoms with E-state index in [1.807, 2.05) is 6.92 Å². The van der Waals surface area contributed by atoms with Crippen molar-refractivity contribution >= 4 is 11.6 Å². The third-order valence-electron chi connectivity index (χ3n) is 2.02. The molecule has 0 saturated heterocycles. The molecule has 0 spiro atoms. The number of nitrogens with two attached hydrogens (primary N) is 1. The molecule has 2 N–H and O–H groups in total. The molecule has 4 heteroatoms. The zero-order valence-corrected chi connectivity index (χ0v) is 9.04. The standard InChI is InChI=1S/C10H18N2O2/c1-7(14-4)5-6-12-9(3)8(2)10(11)13/h7H,2,5-6H2,1,3-4H3,(H2,11,13). The minimum absolute atomic E-state index is 0.174. The Bertz CT molecular complexity index is 247. The molecule has 0 heterocycles. The van der Waals surface area contributed by atoms with E-state index in [0.29, 0.717) is 12.3 Å². The fraction of sp³-hybridized carbons (Fsp3) is 0.600. The molecule has 0 aromatic carbocycles. The van der Waals surface area contributed by atoms with Crippen molar-refractivity contribution in [3.63, 3.8) is 0 Å². The third-order valence-corrected chi connectivity index (χ3v) is 2.02. The first-order valence-corrected chi connectivity index (χ1v) is 4.52. The van der Waals surface area contributed by atoms with Crippen LogP contribution in [-0.4, -0.2) is 31.4 Å². The molecule has 0 bridgehead atoms. The lowest BCUT2D eigenvalue weighted by molar-refractivity contribution is -0.114. The van der Waals surface area contributed by atoms with Gasteiger partial charge in [-0.2, -0.15) is 0 Å². The van der Waals surface area contributed by atoms with Gasteiger partial charge < -0.3 is 10.5 Å². The predicted octanol–water partition coefficient (Wildman–Crippen LogP) is 0.914. The van der Waals surface area contributed by atoms with E-state index in [2.05, 4.69) is 11.6 Å². The van der Waals surface area contributed by atoms with Crippen LogP contribution in [0.5, 0.6) is 0 Å². The first-order valence-electron chi connectivity index (χ1n) is 4.52. The van der Waals surface area contributed by atoms with Gasteiger partial charge in [-0.3, -0.25) is 9.79 Å². The van der Waals surface area contributed by atoms with Crippen LogP contribution in [0.1, 0.15) is 20.3 Å². The van der Waals surface area contributed by atoms with E-state index in [1.165, 1.54) is 0 Å². The molecule has 0 aliphatic carbocycles. The highest BCUT2D eigenvalue weighted by Crippen LogP contribution is 1.98. The van der Waals surface area contributed by atoms with Crippen molar-refractivity contribution in [3.05, 3.63) is 12.2 Å². The number of amides is 1. The second kappa shape index (κ2) is 6.32. The number of nitrogens with zero attached hydrogens (tertiary/aromatic N) is 1. The normalized spacial score (nSPS) is 13.8. The number of carbonyl (C=O) groups excluding carboxylic acids is 1. The number of methoxy groups -OCH3 is 1. The lowest BCUT2D eigenvalue weighted by Crippen LogP contribution is -2.18. The van der Waals surface area contributed by atoms with Gasteiger partial charge in [-0.05, 0) is 20.3 Å². The number of carbonyl (C=O) groups is 1. The van der Waals surface area contributed by atoms with E-state index in [-0.39, 0.29) is 11.7 Å². The largest absolute Gasteiger partial charge is 0.382 e. The van der Waals surface area contributed by atoms with Crippen LogP contribution in [0.25, 0.3) is 0 Å². The first kappa shape index (κ1) is 12.8. The fourth-order valence-electron chi connectivity index (χ4n) is 0.806.